The van der Waals surface area contributed by atoms with E-state index in [-0.39, 0.29) is 11.8 Å². The number of rotatable bonds is 4. The number of benzene rings is 1. The first-order valence-electron chi connectivity index (χ1n) is 8.24. The standard InChI is InChI=1S/C18H27N3O2/c1-18(2,3)17(23)19-10-9-16(22)21-13-11-20(12-14-21)15-7-5-4-6-8-15/h4-8H,9-14H2,1-3H3,(H,19,23). The van der Waals surface area contributed by atoms with Crippen LogP contribution in [-0.2, 0) is 9.59 Å². The molecule has 1 aliphatic heterocycles. The minimum Gasteiger partial charge on any atom is -0.368 e. The van der Waals surface area contributed by atoms with Gasteiger partial charge in [0.05, 0.1) is 0 Å². The van der Waals surface area contributed by atoms with E-state index in [1.807, 2.05) is 43.9 Å². The minimum absolute atomic E-state index is 0.0146. The lowest BCUT2D eigenvalue weighted by Gasteiger charge is -2.36. The monoisotopic (exact) mass is 317 g/mol. The summed E-state index contributed by atoms with van der Waals surface area (Å²) in [5, 5.41) is 2.83. The van der Waals surface area contributed by atoms with E-state index in [0.717, 1.165) is 26.2 Å². The van der Waals surface area contributed by atoms with Gasteiger partial charge in [0.1, 0.15) is 0 Å². The average Bonchev–Trinajstić information content (AvgIpc) is 2.54. The van der Waals surface area contributed by atoms with Crippen molar-refractivity contribution >= 4 is 17.5 Å². The number of carbonyl (C=O) groups is 2. The van der Waals surface area contributed by atoms with Crippen molar-refractivity contribution in [2.24, 2.45) is 5.41 Å². The normalized spacial score (nSPS) is 15.4. The van der Waals surface area contributed by atoms with E-state index < -0.39 is 5.41 Å². The van der Waals surface area contributed by atoms with Crippen LogP contribution in [0.15, 0.2) is 30.3 Å². The van der Waals surface area contributed by atoms with Gasteiger partial charge < -0.3 is 15.1 Å². The molecule has 0 radical (unpaired) electrons. The summed E-state index contributed by atoms with van der Waals surface area (Å²) in [5.74, 6) is 0.103. The number of nitrogens with zero attached hydrogens (tertiary/aromatic N) is 2. The number of hydrogen-bond donors (Lipinski definition) is 1. The second-order valence-corrected chi connectivity index (χ2v) is 6.96. The molecule has 1 aliphatic rings. The predicted molar refractivity (Wildman–Crippen MR) is 92.3 cm³/mol. The van der Waals surface area contributed by atoms with Crippen LogP contribution in [-0.4, -0.2) is 49.4 Å². The third-order valence-electron chi connectivity index (χ3n) is 4.06. The summed E-state index contributed by atoms with van der Waals surface area (Å²) in [6.45, 7) is 9.19. The van der Waals surface area contributed by atoms with E-state index in [0.29, 0.717) is 13.0 Å². The fourth-order valence-corrected chi connectivity index (χ4v) is 2.56. The molecule has 1 aromatic carbocycles. The van der Waals surface area contributed by atoms with Crippen molar-refractivity contribution in [3.05, 3.63) is 30.3 Å². The first kappa shape index (κ1) is 17.3. The Morgan fingerprint density at radius 1 is 1.04 bits per heavy atom. The lowest BCUT2D eigenvalue weighted by atomic mass is 9.96. The number of nitrogens with one attached hydrogen (secondary N) is 1. The Balaban J connectivity index is 1.73. The number of para-hydroxylation sites is 1. The van der Waals surface area contributed by atoms with Crippen molar-refractivity contribution in [3.8, 4) is 0 Å². The van der Waals surface area contributed by atoms with Crippen molar-refractivity contribution in [2.45, 2.75) is 27.2 Å². The molecule has 1 heterocycles. The van der Waals surface area contributed by atoms with E-state index in [1.54, 1.807) is 0 Å². The number of amides is 2. The molecule has 1 fully saturated rings. The van der Waals surface area contributed by atoms with E-state index >= 15 is 0 Å². The Hall–Kier alpha value is -2.04. The summed E-state index contributed by atoms with van der Waals surface area (Å²) in [7, 11) is 0. The van der Waals surface area contributed by atoms with Crippen LogP contribution >= 0.6 is 0 Å². The van der Waals surface area contributed by atoms with E-state index in [4.69, 9.17) is 0 Å². The Bertz CT molecular complexity index is 529. The first-order valence-corrected chi connectivity index (χ1v) is 8.24. The Morgan fingerprint density at radius 3 is 2.22 bits per heavy atom. The summed E-state index contributed by atoms with van der Waals surface area (Å²) in [6.07, 6.45) is 0.368. The molecule has 1 saturated heterocycles. The molecule has 2 rings (SSSR count). The molecule has 0 spiro atoms. The molecule has 2 amide bonds. The van der Waals surface area contributed by atoms with Gasteiger partial charge in [0, 0.05) is 50.2 Å². The number of anilines is 1. The maximum atomic E-state index is 12.2. The lowest BCUT2D eigenvalue weighted by molar-refractivity contribution is -0.132. The fraction of sp³-hybridized carbons (Fsp3) is 0.556. The molecule has 5 nitrogen and oxygen atoms in total. The number of carbonyl (C=O) groups excluding carboxylic acids is 2. The summed E-state index contributed by atoms with van der Waals surface area (Å²) in [4.78, 5) is 28.2. The molecule has 0 unspecified atom stereocenters. The smallest absolute Gasteiger partial charge is 0.225 e. The highest BCUT2D eigenvalue weighted by atomic mass is 16.2. The molecule has 0 bridgehead atoms. The quantitative estimate of drug-likeness (QED) is 0.922. The summed E-state index contributed by atoms with van der Waals surface area (Å²) >= 11 is 0. The first-order chi connectivity index (χ1) is 10.9. The second-order valence-electron chi connectivity index (χ2n) is 6.96. The van der Waals surface area contributed by atoms with Crippen LogP contribution in [0.25, 0.3) is 0 Å². The average molecular weight is 317 g/mol. The van der Waals surface area contributed by atoms with Gasteiger partial charge in [-0.3, -0.25) is 9.59 Å². The minimum atomic E-state index is -0.412. The van der Waals surface area contributed by atoms with Crippen LogP contribution in [0.5, 0.6) is 0 Å². The number of hydrogen-bond acceptors (Lipinski definition) is 3. The van der Waals surface area contributed by atoms with Crippen LogP contribution < -0.4 is 10.2 Å². The molecular formula is C18H27N3O2. The molecule has 1 N–H and O–H groups in total. The van der Waals surface area contributed by atoms with Crippen LogP contribution in [0.4, 0.5) is 5.69 Å². The van der Waals surface area contributed by atoms with Gasteiger partial charge in [-0.25, -0.2) is 0 Å². The van der Waals surface area contributed by atoms with E-state index in [2.05, 4.69) is 22.3 Å². The van der Waals surface area contributed by atoms with Gasteiger partial charge in [-0.2, -0.15) is 0 Å². The molecule has 0 aromatic heterocycles. The van der Waals surface area contributed by atoms with Crippen LogP contribution in [0.2, 0.25) is 0 Å². The SMILES string of the molecule is CC(C)(C)C(=O)NCCC(=O)N1CCN(c2ccccc2)CC1. The van der Waals surface area contributed by atoms with E-state index in [1.165, 1.54) is 5.69 Å². The van der Waals surface area contributed by atoms with E-state index in [9.17, 15) is 9.59 Å². The van der Waals surface area contributed by atoms with Gasteiger partial charge in [-0.15, -0.1) is 0 Å². The Labute approximate surface area is 138 Å². The Kier molecular flexibility index (Phi) is 5.64. The predicted octanol–water partition coefficient (Wildman–Crippen LogP) is 1.89. The topological polar surface area (TPSA) is 52.7 Å². The van der Waals surface area contributed by atoms with Gasteiger partial charge in [0.2, 0.25) is 11.8 Å². The molecule has 1 aromatic rings. The zero-order chi connectivity index (χ0) is 16.9. The molecule has 5 heteroatoms. The molecule has 0 atom stereocenters. The van der Waals surface area contributed by atoms with Crippen molar-refractivity contribution in [2.75, 3.05) is 37.6 Å². The lowest BCUT2D eigenvalue weighted by Crippen LogP contribution is -2.49. The van der Waals surface area contributed by atoms with Crippen LogP contribution in [0.3, 0.4) is 0 Å². The van der Waals surface area contributed by atoms with Gasteiger partial charge in [0.15, 0.2) is 0 Å². The van der Waals surface area contributed by atoms with Gasteiger partial charge >= 0.3 is 0 Å². The largest absolute Gasteiger partial charge is 0.368 e. The fourth-order valence-electron chi connectivity index (χ4n) is 2.56. The van der Waals surface area contributed by atoms with Crippen molar-refractivity contribution in [3.63, 3.8) is 0 Å². The Morgan fingerprint density at radius 2 is 1.65 bits per heavy atom. The summed E-state index contributed by atoms with van der Waals surface area (Å²) < 4.78 is 0. The van der Waals surface area contributed by atoms with Crippen molar-refractivity contribution in [1.29, 1.82) is 0 Å². The van der Waals surface area contributed by atoms with Gasteiger partial charge in [-0.1, -0.05) is 39.0 Å². The highest BCUT2D eigenvalue weighted by Crippen LogP contribution is 2.16. The van der Waals surface area contributed by atoms with Gasteiger partial charge in [0.25, 0.3) is 0 Å². The zero-order valence-corrected chi connectivity index (χ0v) is 14.3. The number of piperazine rings is 1. The molecule has 0 saturated carbocycles. The van der Waals surface area contributed by atoms with Gasteiger partial charge in [-0.05, 0) is 12.1 Å². The maximum Gasteiger partial charge on any atom is 0.225 e. The molecule has 23 heavy (non-hydrogen) atoms. The second kappa shape index (κ2) is 7.49. The highest BCUT2D eigenvalue weighted by Gasteiger charge is 2.23. The van der Waals surface area contributed by atoms with Crippen molar-refractivity contribution < 1.29 is 9.59 Å². The van der Waals surface area contributed by atoms with Crippen LogP contribution in [0, 0.1) is 5.41 Å². The summed E-state index contributed by atoms with van der Waals surface area (Å²) in [5.41, 5.74) is 0.793. The molecule has 126 valence electrons. The summed E-state index contributed by atoms with van der Waals surface area (Å²) in [6, 6.07) is 10.3. The third-order valence-corrected chi connectivity index (χ3v) is 4.06. The van der Waals surface area contributed by atoms with Crippen molar-refractivity contribution in [1.82, 2.24) is 10.2 Å². The maximum absolute atomic E-state index is 12.2. The van der Waals surface area contributed by atoms with Crippen LogP contribution in [0.1, 0.15) is 27.2 Å². The zero-order valence-electron chi connectivity index (χ0n) is 14.3. The third kappa shape index (κ3) is 4.98. The molecule has 0 aliphatic carbocycles. The molecular weight excluding hydrogens is 290 g/mol. The highest BCUT2D eigenvalue weighted by molar-refractivity contribution is 5.82.